The first kappa shape index (κ1) is 20.3. The van der Waals surface area contributed by atoms with Crippen molar-refractivity contribution in [2.24, 2.45) is 13.0 Å². The van der Waals surface area contributed by atoms with Gasteiger partial charge in [0.2, 0.25) is 0 Å². The van der Waals surface area contributed by atoms with Gasteiger partial charge in [-0.25, -0.2) is 8.78 Å². The molecule has 29 heavy (non-hydrogen) atoms. The number of aryl methyl sites for hydroxylation is 1. The van der Waals surface area contributed by atoms with Crippen LogP contribution in [0.15, 0.2) is 54.7 Å². The second-order valence-electron chi connectivity index (χ2n) is 6.90. The normalized spacial score (nSPS) is 10.7. The van der Waals surface area contributed by atoms with Gasteiger partial charge in [-0.05, 0) is 23.8 Å². The van der Waals surface area contributed by atoms with Crippen molar-refractivity contribution in [3.8, 4) is 23.0 Å². The third-order valence-electron chi connectivity index (χ3n) is 4.19. The first-order valence-electron chi connectivity index (χ1n) is 9.19. The topological polar surface area (TPSA) is 46.9 Å². The van der Waals surface area contributed by atoms with E-state index in [9.17, 15) is 13.6 Å². The molecule has 3 aromatic rings. The number of hydrogen-bond donors (Lipinski definition) is 1. The van der Waals surface area contributed by atoms with Crippen LogP contribution < -0.4 is 5.32 Å². The maximum Gasteiger partial charge on any atom is 0.282 e. The average molecular weight is 393 g/mol. The highest BCUT2D eigenvalue weighted by Gasteiger charge is 2.23. The van der Waals surface area contributed by atoms with Crippen LogP contribution in [0.3, 0.4) is 0 Å². The highest BCUT2D eigenvalue weighted by Crippen LogP contribution is 2.29. The van der Waals surface area contributed by atoms with Gasteiger partial charge in [0, 0.05) is 36.0 Å². The lowest BCUT2D eigenvalue weighted by Crippen LogP contribution is -2.14. The van der Waals surface area contributed by atoms with E-state index in [-0.39, 0.29) is 11.5 Å². The number of carbonyl (C=O) groups is 1. The van der Waals surface area contributed by atoms with Crippen molar-refractivity contribution in [1.82, 2.24) is 9.78 Å². The van der Waals surface area contributed by atoms with Crippen LogP contribution in [0.5, 0.6) is 0 Å². The Kier molecular flexibility index (Phi) is 6.08. The van der Waals surface area contributed by atoms with Crippen LogP contribution in [0.2, 0.25) is 0 Å². The van der Waals surface area contributed by atoms with Crippen LogP contribution in [0, 0.1) is 17.8 Å². The van der Waals surface area contributed by atoms with Gasteiger partial charge >= 0.3 is 0 Å². The number of para-hydroxylation sites is 1. The largest absolute Gasteiger partial charge is 0.321 e. The van der Waals surface area contributed by atoms with Gasteiger partial charge < -0.3 is 5.32 Å². The predicted octanol–water partition coefficient (Wildman–Crippen LogP) is 5.28. The molecule has 4 nitrogen and oxygen atoms in total. The van der Waals surface area contributed by atoms with Gasteiger partial charge in [-0.1, -0.05) is 56.0 Å². The van der Waals surface area contributed by atoms with E-state index in [2.05, 4.69) is 22.3 Å². The van der Waals surface area contributed by atoms with Crippen LogP contribution in [-0.2, 0) is 7.05 Å². The molecule has 0 unspecified atom stereocenters. The number of aromatic nitrogens is 2. The summed E-state index contributed by atoms with van der Waals surface area (Å²) in [6, 6.07) is 14.9. The molecule has 6 heteroatoms. The van der Waals surface area contributed by atoms with Crippen LogP contribution in [0.4, 0.5) is 14.5 Å². The molecule has 1 aromatic heterocycles. The Morgan fingerprint density at radius 2 is 1.79 bits per heavy atom. The fourth-order valence-corrected chi connectivity index (χ4v) is 2.84. The number of benzene rings is 2. The summed E-state index contributed by atoms with van der Waals surface area (Å²) in [5, 5.41) is 6.42. The molecule has 3 rings (SSSR count). The van der Waals surface area contributed by atoms with Crippen molar-refractivity contribution in [1.29, 1.82) is 0 Å². The molecule has 0 radical (unpaired) electrons. The van der Waals surface area contributed by atoms with Crippen molar-refractivity contribution < 1.29 is 13.6 Å². The summed E-state index contributed by atoms with van der Waals surface area (Å²) in [6.07, 6.45) is -1.53. The Labute approximate surface area is 168 Å². The summed E-state index contributed by atoms with van der Waals surface area (Å²) < 4.78 is 27.5. The van der Waals surface area contributed by atoms with Gasteiger partial charge in [0.25, 0.3) is 12.3 Å². The molecule has 0 aliphatic heterocycles. The van der Waals surface area contributed by atoms with Gasteiger partial charge in [-0.15, -0.1) is 0 Å². The molecule has 0 bridgehead atoms. The molecule has 1 amide bonds. The maximum absolute atomic E-state index is 13.2. The van der Waals surface area contributed by atoms with Crippen LogP contribution >= 0.6 is 0 Å². The van der Waals surface area contributed by atoms with E-state index in [1.807, 2.05) is 50.2 Å². The first-order valence-corrected chi connectivity index (χ1v) is 9.19. The Morgan fingerprint density at radius 1 is 1.10 bits per heavy atom. The zero-order valence-corrected chi connectivity index (χ0v) is 16.4. The second-order valence-corrected chi connectivity index (χ2v) is 6.90. The summed E-state index contributed by atoms with van der Waals surface area (Å²) in [4.78, 5) is 12.6. The van der Waals surface area contributed by atoms with E-state index in [1.165, 1.54) is 17.9 Å². The summed E-state index contributed by atoms with van der Waals surface area (Å²) in [6.45, 7) is 4.06. The molecule has 0 fully saturated rings. The van der Waals surface area contributed by atoms with E-state index < -0.39 is 18.0 Å². The number of amides is 1. The molecule has 1 heterocycles. The fraction of sp³-hybridized carbons (Fsp3) is 0.217. The third kappa shape index (κ3) is 4.88. The van der Waals surface area contributed by atoms with Gasteiger partial charge in [0.1, 0.15) is 5.69 Å². The summed E-state index contributed by atoms with van der Waals surface area (Å²) >= 11 is 0. The smallest absolute Gasteiger partial charge is 0.282 e. The zero-order chi connectivity index (χ0) is 21.0. The highest BCUT2D eigenvalue weighted by atomic mass is 19.3. The monoisotopic (exact) mass is 393 g/mol. The number of halogens is 2. The van der Waals surface area contributed by atoms with Gasteiger partial charge in [-0.3, -0.25) is 9.48 Å². The Morgan fingerprint density at radius 3 is 2.45 bits per heavy atom. The second kappa shape index (κ2) is 8.70. The van der Waals surface area contributed by atoms with Crippen molar-refractivity contribution >= 4 is 11.6 Å². The Bertz CT molecular complexity index is 1070. The van der Waals surface area contributed by atoms with Crippen LogP contribution in [-0.4, -0.2) is 15.7 Å². The molecule has 0 spiro atoms. The van der Waals surface area contributed by atoms with Crippen molar-refractivity contribution in [3.63, 3.8) is 0 Å². The minimum absolute atomic E-state index is 0.142. The lowest BCUT2D eigenvalue weighted by Gasteiger charge is -2.11. The number of rotatable bonds is 4. The molecule has 2 aromatic carbocycles. The van der Waals surface area contributed by atoms with E-state index >= 15 is 0 Å². The minimum Gasteiger partial charge on any atom is -0.321 e. The van der Waals surface area contributed by atoms with E-state index in [0.29, 0.717) is 5.69 Å². The van der Waals surface area contributed by atoms with E-state index in [4.69, 9.17) is 0 Å². The molecular formula is C23H21F2N3O. The number of nitrogens with zero attached hydrogens (tertiary/aromatic N) is 2. The molecule has 0 atom stereocenters. The summed E-state index contributed by atoms with van der Waals surface area (Å²) in [7, 11) is 1.50. The minimum atomic E-state index is -2.83. The predicted molar refractivity (Wildman–Crippen MR) is 110 cm³/mol. The van der Waals surface area contributed by atoms with Gasteiger partial charge in [0.15, 0.2) is 0 Å². The highest BCUT2D eigenvalue weighted by molar-refractivity contribution is 6.06. The van der Waals surface area contributed by atoms with Gasteiger partial charge in [0.05, 0.1) is 5.56 Å². The van der Waals surface area contributed by atoms with Crippen molar-refractivity contribution in [3.05, 3.63) is 71.5 Å². The Balaban J connectivity index is 1.88. The third-order valence-corrected chi connectivity index (χ3v) is 4.19. The van der Waals surface area contributed by atoms with Crippen molar-refractivity contribution in [2.75, 3.05) is 5.32 Å². The quantitative estimate of drug-likeness (QED) is 0.613. The number of carbonyl (C=O) groups excluding carboxylic acids is 1. The van der Waals surface area contributed by atoms with E-state index in [1.54, 1.807) is 12.1 Å². The summed E-state index contributed by atoms with van der Waals surface area (Å²) in [5.74, 6) is 5.89. The zero-order valence-electron chi connectivity index (χ0n) is 16.4. The van der Waals surface area contributed by atoms with Crippen molar-refractivity contribution in [2.45, 2.75) is 20.3 Å². The first-order chi connectivity index (χ1) is 13.8. The standard InChI is InChI=1S/C23H21F2N3O/c1-15(2)8-9-16-10-12-17(13-11-16)18-6-4-5-7-20(18)26-23(29)19-14-28(3)27-21(19)22(24)25/h4-7,10-15,22H,1-3H3,(H,26,29). The average Bonchev–Trinajstić information content (AvgIpc) is 3.09. The SMILES string of the molecule is CC(C)C#Cc1ccc(-c2ccccc2NC(=O)c2cn(C)nc2C(F)F)cc1. The number of anilines is 1. The van der Waals surface area contributed by atoms with Gasteiger partial charge in [-0.2, -0.15) is 5.10 Å². The summed E-state index contributed by atoms with van der Waals surface area (Å²) in [5.41, 5.74) is 2.43. The molecule has 0 saturated heterocycles. The Hall–Kier alpha value is -3.46. The molecule has 0 aliphatic rings. The molecular weight excluding hydrogens is 372 g/mol. The number of hydrogen-bond acceptors (Lipinski definition) is 2. The molecule has 1 N–H and O–H groups in total. The molecule has 0 saturated carbocycles. The lowest BCUT2D eigenvalue weighted by atomic mass is 10.0. The van der Waals surface area contributed by atoms with Crippen LogP contribution in [0.25, 0.3) is 11.1 Å². The molecule has 148 valence electrons. The van der Waals surface area contributed by atoms with E-state index in [0.717, 1.165) is 16.7 Å². The molecule has 0 aliphatic carbocycles. The fourth-order valence-electron chi connectivity index (χ4n) is 2.84. The van der Waals surface area contributed by atoms with Crippen LogP contribution in [0.1, 0.15) is 41.9 Å². The maximum atomic E-state index is 13.2. The lowest BCUT2D eigenvalue weighted by molar-refractivity contribution is 0.101. The number of alkyl halides is 2. The number of nitrogens with one attached hydrogen (secondary N) is 1.